The first-order valence-electron chi connectivity index (χ1n) is 9.77. The number of ether oxygens (including phenoxy) is 1. The lowest BCUT2D eigenvalue weighted by Crippen LogP contribution is -2.21. The Bertz CT molecular complexity index is 801. The fourth-order valence-corrected chi connectivity index (χ4v) is 2.75. The number of hydrogen-bond acceptors (Lipinski definition) is 4. The summed E-state index contributed by atoms with van der Waals surface area (Å²) in [5.74, 6) is -0.545. The van der Waals surface area contributed by atoms with Gasteiger partial charge in [0.15, 0.2) is 0 Å². The molecule has 2 aromatic rings. The van der Waals surface area contributed by atoms with Gasteiger partial charge in [-0.15, -0.1) is 0 Å². The Labute approximate surface area is 171 Å². The Morgan fingerprint density at radius 3 is 2.24 bits per heavy atom. The van der Waals surface area contributed by atoms with Crippen LogP contribution in [-0.4, -0.2) is 43.4 Å². The van der Waals surface area contributed by atoms with Crippen molar-refractivity contribution in [2.45, 2.75) is 32.1 Å². The lowest BCUT2D eigenvalue weighted by molar-refractivity contribution is -0.143. The second kappa shape index (κ2) is 11.6. The quantitative estimate of drug-likeness (QED) is 0.491. The molecule has 6 heteroatoms. The van der Waals surface area contributed by atoms with E-state index in [1.165, 1.54) is 10.5 Å². The summed E-state index contributed by atoms with van der Waals surface area (Å²) in [6.45, 7) is 0.387. The van der Waals surface area contributed by atoms with Gasteiger partial charge in [0.05, 0.1) is 6.61 Å². The molecule has 0 heterocycles. The van der Waals surface area contributed by atoms with Crippen molar-refractivity contribution in [1.29, 1.82) is 0 Å². The lowest BCUT2D eigenvalue weighted by Gasteiger charge is -2.11. The Balaban J connectivity index is 1.60. The Hall–Kier alpha value is -3.15. The molecule has 0 bridgehead atoms. The van der Waals surface area contributed by atoms with E-state index in [1.807, 2.05) is 30.3 Å². The first kappa shape index (κ1) is 22.1. The molecule has 0 saturated heterocycles. The van der Waals surface area contributed by atoms with E-state index in [0.717, 1.165) is 12.8 Å². The van der Waals surface area contributed by atoms with Crippen LogP contribution in [0.25, 0.3) is 0 Å². The fourth-order valence-electron chi connectivity index (χ4n) is 2.75. The van der Waals surface area contributed by atoms with E-state index in [9.17, 15) is 14.4 Å². The molecule has 2 amide bonds. The van der Waals surface area contributed by atoms with Gasteiger partial charge in [-0.25, -0.2) is 0 Å². The number of carbonyl (C=O) groups excluding carboxylic acids is 3. The number of aryl methyl sites for hydroxylation is 1. The summed E-state index contributed by atoms with van der Waals surface area (Å²) in [6.07, 6.45) is 2.53. The number of amides is 2. The summed E-state index contributed by atoms with van der Waals surface area (Å²) in [7, 11) is 3.37. The molecule has 0 unspecified atom stereocenters. The van der Waals surface area contributed by atoms with Gasteiger partial charge in [-0.1, -0.05) is 30.3 Å². The van der Waals surface area contributed by atoms with E-state index in [0.29, 0.717) is 24.3 Å². The Morgan fingerprint density at radius 2 is 1.59 bits per heavy atom. The summed E-state index contributed by atoms with van der Waals surface area (Å²) in [4.78, 5) is 37.1. The Morgan fingerprint density at radius 1 is 0.897 bits per heavy atom. The van der Waals surface area contributed by atoms with Gasteiger partial charge in [0.2, 0.25) is 5.91 Å². The minimum Gasteiger partial charge on any atom is -0.466 e. The maximum atomic E-state index is 12.0. The van der Waals surface area contributed by atoms with E-state index in [2.05, 4.69) is 5.32 Å². The molecule has 0 atom stereocenters. The number of hydrogen-bond donors (Lipinski definition) is 1. The molecular weight excluding hydrogens is 368 g/mol. The summed E-state index contributed by atoms with van der Waals surface area (Å²) >= 11 is 0. The zero-order valence-corrected chi connectivity index (χ0v) is 17.0. The smallest absolute Gasteiger partial charge is 0.305 e. The van der Waals surface area contributed by atoms with Gasteiger partial charge < -0.3 is 15.0 Å². The third-order valence-corrected chi connectivity index (χ3v) is 4.32. The van der Waals surface area contributed by atoms with Gasteiger partial charge in [0.1, 0.15) is 0 Å². The molecule has 0 aliphatic heterocycles. The van der Waals surface area contributed by atoms with Crippen molar-refractivity contribution in [2.24, 2.45) is 0 Å². The molecule has 0 aliphatic carbocycles. The molecule has 0 fully saturated rings. The maximum absolute atomic E-state index is 12.0. The van der Waals surface area contributed by atoms with Crippen molar-refractivity contribution in [3.8, 4) is 0 Å². The largest absolute Gasteiger partial charge is 0.466 e. The van der Waals surface area contributed by atoms with Crippen LogP contribution in [0, 0.1) is 0 Å². The van der Waals surface area contributed by atoms with Crippen molar-refractivity contribution in [3.05, 3.63) is 65.7 Å². The van der Waals surface area contributed by atoms with Crippen LogP contribution in [0.15, 0.2) is 54.6 Å². The van der Waals surface area contributed by atoms with Crippen molar-refractivity contribution in [2.75, 3.05) is 26.0 Å². The molecule has 2 aromatic carbocycles. The zero-order chi connectivity index (χ0) is 21.1. The second-order valence-corrected chi connectivity index (χ2v) is 6.99. The van der Waals surface area contributed by atoms with Crippen LogP contribution in [0.1, 0.15) is 41.6 Å². The van der Waals surface area contributed by atoms with Crippen LogP contribution in [0.2, 0.25) is 0 Å². The number of rotatable bonds is 10. The van der Waals surface area contributed by atoms with Crippen molar-refractivity contribution >= 4 is 23.5 Å². The molecule has 154 valence electrons. The number of nitrogens with one attached hydrogen (secondary N) is 1. The van der Waals surface area contributed by atoms with E-state index >= 15 is 0 Å². The Kier molecular flexibility index (Phi) is 8.89. The number of nitrogens with zero attached hydrogens (tertiary/aromatic N) is 1. The van der Waals surface area contributed by atoms with Gasteiger partial charge in [-0.3, -0.25) is 14.4 Å². The highest BCUT2D eigenvalue weighted by Crippen LogP contribution is 2.12. The van der Waals surface area contributed by atoms with Crippen LogP contribution >= 0.6 is 0 Å². The van der Waals surface area contributed by atoms with E-state index in [1.54, 1.807) is 38.4 Å². The van der Waals surface area contributed by atoms with Crippen LogP contribution in [0.3, 0.4) is 0 Å². The maximum Gasteiger partial charge on any atom is 0.305 e. The standard InChI is InChI=1S/C23H28N2O4/c1-25(2)23(28)19-13-15-20(16-14-19)24-21(26)11-6-12-22(27)29-17-7-10-18-8-4-3-5-9-18/h3-5,8-9,13-16H,6-7,10-12,17H2,1-2H3,(H,24,26). The molecule has 0 saturated carbocycles. The van der Waals surface area contributed by atoms with Gasteiger partial charge in [0, 0.05) is 38.2 Å². The van der Waals surface area contributed by atoms with Gasteiger partial charge >= 0.3 is 5.97 Å². The zero-order valence-electron chi connectivity index (χ0n) is 17.0. The SMILES string of the molecule is CN(C)C(=O)c1ccc(NC(=O)CCCC(=O)OCCCc2ccccc2)cc1. The van der Waals surface area contributed by atoms with E-state index < -0.39 is 0 Å². The number of esters is 1. The number of carbonyl (C=O) groups is 3. The first-order valence-corrected chi connectivity index (χ1v) is 9.77. The predicted molar refractivity (Wildman–Crippen MR) is 113 cm³/mol. The molecule has 0 aliphatic rings. The summed E-state index contributed by atoms with van der Waals surface area (Å²) in [5.41, 5.74) is 2.40. The second-order valence-electron chi connectivity index (χ2n) is 6.99. The minimum atomic E-state index is -0.280. The van der Waals surface area contributed by atoms with Crippen LogP contribution in [0.5, 0.6) is 0 Å². The topological polar surface area (TPSA) is 75.7 Å². The van der Waals surface area contributed by atoms with Gasteiger partial charge in [-0.2, -0.15) is 0 Å². The molecule has 6 nitrogen and oxygen atoms in total. The molecule has 0 spiro atoms. The van der Waals surface area contributed by atoms with Crippen molar-refractivity contribution in [1.82, 2.24) is 4.90 Å². The van der Waals surface area contributed by atoms with Gasteiger partial charge in [0.25, 0.3) is 5.91 Å². The highest BCUT2D eigenvalue weighted by molar-refractivity contribution is 5.95. The van der Waals surface area contributed by atoms with E-state index in [-0.39, 0.29) is 30.6 Å². The predicted octanol–water partition coefficient (Wildman–Crippen LogP) is 3.67. The average Bonchev–Trinajstić information content (AvgIpc) is 2.72. The molecule has 0 radical (unpaired) electrons. The van der Waals surface area contributed by atoms with Gasteiger partial charge in [-0.05, 0) is 49.1 Å². The van der Waals surface area contributed by atoms with Crippen molar-refractivity contribution in [3.63, 3.8) is 0 Å². The highest BCUT2D eigenvalue weighted by atomic mass is 16.5. The van der Waals surface area contributed by atoms with Crippen LogP contribution < -0.4 is 5.32 Å². The van der Waals surface area contributed by atoms with Crippen LogP contribution in [-0.2, 0) is 20.7 Å². The van der Waals surface area contributed by atoms with Crippen LogP contribution in [0.4, 0.5) is 5.69 Å². The summed E-state index contributed by atoms with van der Waals surface area (Å²) in [5, 5.41) is 2.77. The first-order chi connectivity index (χ1) is 14.0. The third kappa shape index (κ3) is 8.17. The molecular formula is C23H28N2O4. The molecule has 29 heavy (non-hydrogen) atoms. The monoisotopic (exact) mass is 396 g/mol. The average molecular weight is 396 g/mol. The molecule has 0 aromatic heterocycles. The summed E-state index contributed by atoms with van der Waals surface area (Å²) < 4.78 is 5.21. The molecule has 1 N–H and O–H groups in total. The number of benzene rings is 2. The highest BCUT2D eigenvalue weighted by Gasteiger charge is 2.09. The lowest BCUT2D eigenvalue weighted by atomic mass is 10.1. The molecule has 2 rings (SSSR count). The van der Waals surface area contributed by atoms with E-state index in [4.69, 9.17) is 4.74 Å². The third-order valence-electron chi connectivity index (χ3n) is 4.32. The van der Waals surface area contributed by atoms with Crippen molar-refractivity contribution < 1.29 is 19.1 Å². The minimum absolute atomic E-state index is 0.0924. The summed E-state index contributed by atoms with van der Waals surface area (Å²) in [6, 6.07) is 16.8. The normalized spacial score (nSPS) is 10.3. The fraction of sp³-hybridized carbons (Fsp3) is 0.348. The number of anilines is 1.